The van der Waals surface area contributed by atoms with E-state index in [1.165, 1.54) is 5.56 Å². The van der Waals surface area contributed by atoms with Gasteiger partial charge in [-0.05, 0) is 25.5 Å². The Bertz CT molecular complexity index is 596. The van der Waals surface area contributed by atoms with Crippen LogP contribution < -0.4 is 0 Å². The predicted octanol–water partition coefficient (Wildman–Crippen LogP) is 1.22. The number of morpholine rings is 1. The molecule has 2 aromatic rings. The number of imidazole rings is 1. The zero-order valence-corrected chi connectivity index (χ0v) is 12.0. The van der Waals surface area contributed by atoms with Gasteiger partial charge in [0.15, 0.2) is 0 Å². The molecule has 0 amide bonds. The minimum atomic E-state index is -0.0783. The maximum absolute atomic E-state index is 9.23. The molecule has 0 spiro atoms. The molecule has 1 aliphatic rings. The topological polar surface area (TPSA) is 50.0 Å². The molecule has 20 heavy (non-hydrogen) atoms. The molecule has 0 aromatic carbocycles. The van der Waals surface area contributed by atoms with Gasteiger partial charge in [-0.1, -0.05) is 6.07 Å². The third-order valence-electron chi connectivity index (χ3n) is 3.85. The summed E-state index contributed by atoms with van der Waals surface area (Å²) in [4.78, 5) is 6.97. The number of pyridine rings is 1. The lowest BCUT2D eigenvalue weighted by atomic mass is 10.2. The van der Waals surface area contributed by atoms with Crippen LogP contribution in [0.5, 0.6) is 0 Å². The van der Waals surface area contributed by atoms with Crippen LogP contribution in [0.1, 0.15) is 18.2 Å². The first kappa shape index (κ1) is 13.5. The molecule has 1 N–H and O–H groups in total. The van der Waals surface area contributed by atoms with Crippen LogP contribution in [0.25, 0.3) is 5.65 Å². The van der Waals surface area contributed by atoms with Crippen molar-refractivity contribution in [3.05, 3.63) is 35.8 Å². The normalized spacial score (nSPS) is 24.4. The molecule has 108 valence electrons. The molecule has 5 heteroatoms. The minimum Gasteiger partial charge on any atom is -0.394 e. The number of ether oxygens (including phenoxy) is 1. The third-order valence-corrected chi connectivity index (χ3v) is 3.85. The van der Waals surface area contributed by atoms with E-state index in [2.05, 4.69) is 46.6 Å². The van der Waals surface area contributed by atoms with Gasteiger partial charge in [0.05, 0.1) is 25.0 Å². The highest BCUT2D eigenvalue weighted by atomic mass is 16.5. The summed E-state index contributed by atoms with van der Waals surface area (Å²) in [5.74, 6) is 0. The SMILES string of the molecule is Cc1ccc2nc(CN3CC(CO)OCC3C)cn2c1. The molecule has 1 aliphatic heterocycles. The van der Waals surface area contributed by atoms with Crippen molar-refractivity contribution in [2.24, 2.45) is 0 Å². The van der Waals surface area contributed by atoms with Gasteiger partial charge in [-0.2, -0.15) is 0 Å². The number of aryl methyl sites for hydroxylation is 1. The Balaban J connectivity index is 1.77. The fourth-order valence-electron chi connectivity index (χ4n) is 2.65. The standard InChI is InChI=1S/C15H21N3O2/c1-11-3-4-15-16-13(7-18(15)5-11)6-17-8-14(9-19)20-10-12(17)2/h3-5,7,12,14,19H,6,8-10H2,1-2H3. The van der Waals surface area contributed by atoms with Gasteiger partial charge in [-0.3, -0.25) is 4.90 Å². The van der Waals surface area contributed by atoms with Crippen LogP contribution in [0, 0.1) is 6.92 Å². The molecule has 2 aromatic heterocycles. The second-order valence-electron chi connectivity index (χ2n) is 5.62. The Morgan fingerprint density at radius 3 is 3.05 bits per heavy atom. The van der Waals surface area contributed by atoms with Crippen LogP contribution in [0.3, 0.4) is 0 Å². The van der Waals surface area contributed by atoms with Crippen LogP contribution in [0.15, 0.2) is 24.5 Å². The third kappa shape index (κ3) is 2.70. The maximum Gasteiger partial charge on any atom is 0.137 e. The Labute approximate surface area is 118 Å². The predicted molar refractivity (Wildman–Crippen MR) is 76.6 cm³/mol. The van der Waals surface area contributed by atoms with Gasteiger partial charge in [0.1, 0.15) is 5.65 Å². The molecule has 1 saturated heterocycles. The van der Waals surface area contributed by atoms with Crippen LogP contribution in [0.2, 0.25) is 0 Å². The lowest BCUT2D eigenvalue weighted by molar-refractivity contribution is -0.0808. The van der Waals surface area contributed by atoms with Crippen molar-refractivity contribution < 1.29 is 9.84 Å². The van der Waals surface area contributed by atoms with E-state index >= 15 is 0 Å². The van der Waals surface area contributed by atoms with Gasteiger partial charge in [0.2, 0.25) is 0 Å². The van der Waals surface area contributed by atoms with E-state index in [1.54, 1.807) is 0 Å². The summed E-state index contributed by atoms with van der Waals surface area (Å²) in [7, 11) is 0. The number of fused-ring (bicyclic) bond motifs is 1. The average Bonchev–Trinajstić information content (AvgIpc) is 2.82. The highest BCUT2D eigenvalue weighted by Gasteiger charge is 2.26. The van der Waals surface area contributed by atoms with Crippen LogP contribution in [-0.4, -0.2) is 51.3 Å². The molecule has 0 bridgehead atoms. The number of hydrogen-bond acceptors (Lipinski definition) is 4. The lowest BCUT2D eigenvalue weighted by Gasteiger charge is -2.36. The molecule has 5 nitrogen and oxygen atoms in total. The quantitative estimate of drug-likeness (QED) is 0.915. The fraction of sp³-hybridized carbons (Fsp3) is 0.533. The number of aromatic nitrogens is 2. The first-order chi connectivity index (χ1) is 9.65. The van der Waals surface area contributed by atoms with Gasteiger partial charge in [0, 0.05) is 31.5 Å². The number of aliphatic hydroxyl groups is 1. The molecule has 3 rings (SSSR count). The van der Waals surface area contributed by atoms with Gasteiger partial charge >= 0.3 is 0 Å². The Morgan fingerprint density at radius 1 is 1.40 bits per heavy atom. The fourth-order valence-corrected chi connectivity index (χ4v) is 2.65. The largest absolute Gasteiger partial charge is 0.394 e. The molecule has 2 atom stereocenters. The lowest BCUT2D eigenvalue weighted by Crippen LogP contribution is -2.48. The summed E-state index contributed by atoms with van der Waals surface area (Å²) >= 11 is 0. The van der Waals surface area contributed by atoms with E-state index in [4.69, 9.17) is 4.74 Å². The number of rotatable bonds is 3. The summed E-state index contributed by atoms with van der Waals surface area (Å²) in [5.41, 5.74) is 3.26. The molecule has 0 aliphatic carbocycles. The molecule has 0 radical (unpaired) electrons. The number of nitrogens with zero attached hydrogens (tertiary/aromatic N) is 3. The summed E-state index contributed by atoms with van der Waals surface area (Å²) in [6, 6.07) is 4.47. The van der Waals surface area contributed by atoms with Gasteiger partial charge < -0.3 is 14.2 Å². The van der Waals surface area contributed by atoms with Crippen LogP contribution >= 0.6 is 0 Å². The molecular formula is C15H21N3O2. The van der Waals surface area contributed by atoms with E-state index < -0.39 is 0 Å². The van der Waals surface area contributed by atoms with Crippen molar-refractivity contribution in [1.82, 2.24) is 14.3 Å². The van der Waals surface area contributed by atoms with Crippen LogP contribution in [0.4, 0.5) is 0 Å². The Kier molecular flexibility index (Phi) is 3.74. The van der Waals surface area contributed by atoms with Gasteiger partial charge in [0.25, 0.3) is 0 Å². The van der Waals surface area contributed by atoms with Gasteiger partial charge in [-0.25, -0.2) is 4.98 Å². The minimum absolute atomic E-state index is 0.0770. The van der Waals surface area contributed by atoms with E-state index in [1.807, 2.05) is 6.07 Å². The molecule has 2 unspecified atom stereocenters. The zero-order chi connectivity index (χ0) is 14.1. The molecule has 1 fully saturated rings. The van der Waals surface area contributed by atoms with E-state index in [9.17, 15) is 5.11 Å². The van der Waals surface area contributed by atoms with Crippen molar-refractivity contribution in [3.63, 3.8) is 0 Å². The highest BCUT2D eigenvalue weighted by molar-refractivity contribution is 5.41. The Hall–Kier alpha value is -1.43. The first-order valence-electron chi connectivity index (χ1n) is 7.06. The first-order valence-corrected chi connectivity index (χ1v) is 7.06. The number of aliphatic hydroxyl groups excluding tert-OH is 1. The zero-order valence-electron chi connectivity index (χ0n) is 12.0. The molecule has 3 heterocycles. The van der Waals surface area contributed by atoms with Crippen molar-refractivity contribution in [2.45, 2.75) is 32.5 Å². The summed E-state index contributed by atoms with van der Waals surface area (Å²) < 4.78 is 7.63. The van der Waals surface area contributed by atoms with Crippen molar-refractivity contribution >= 4 is 5.65 Å². The summed E-state index contributed by atoms with van der Waals surface area (Å²) in [6.07, 6.45) is 4.09. The average molecular weight is 275 g/mol. The highest BCUT2D eigenvalue weighted by Crippen LogP contribution is 2.16. The van der Waals surface area contributed by atoms with Gasteiger partial charge in [-0.15, -0.1) is 0 Å². The second-order valence-corrected chi connectivity index (χ2v) is 5.62. The molecule has 0 saturated carbocycles. The van der Waals surface area contributed by atoms with E-state index in [0.717, 1.165) is 24.4 Å². The van der Waals surface area contributed by atoms with Crippen molar-refractivity contribution in [1.29, 1.82) is 0 Å². The van der Waals surface area contributed by atoms with Crippen molar-refractivity contribution in [2.75, 3.05) is 19.8 Å². The number of hydrogen-bond donors (Lipinski definition) is 1. The van der Waals surface area contributed by atoms with Crippen LogP contribution in [-0.2, 0) is 11.3 Å². The second kappa shape index (κ2) is 5.52. The maximum atomic E-state index is 9.23. The smallest absolute Gasteiger partial charge is 0.137 e. The van der Waals surface area contributed by atoms with Crippen molar-refractivity contribution in [3.8, 4) is 0 Å². The molecular weight excluding hydrogens is 254 g/mol. The Morgan fingerprint density at radius 2 is 2.25 bits per heavy atom. The monoisotopic (exact) mass is 275 g/mol. The van der Waals surface area contributed by atoms with E-state index in [0.29, 0.717) is 12.6 Å². The van der Waals surface area contributed by atoms with E-state index in [-0.39, 0.29) is 12.7 Å². The summed E-state index contributed by atoms with van der Waals surface area (Å²) in [6.45, 7) is 6.51. The summed E-state index contributed by atoms with van der Waals surface area (Å²) in [5, 5.41) is 9.23.